The number of carbonyl (C=O) groups is 2. The molecule has 1 aromatic rings. The highest BCUT2D eigenvalue weighted by atomic mass is 16.6. The van der Waals surface area contributed by atoms with Gasteiger partial charge in [-0.25, -0.2) is 4.79 Å². The van der Waals surface area contributed by atoms with E-state index in [9.17, 15) is 19.7 Å². The fourth-order valence-corrected chi connectivity index (χ4v) is 1.44. The van der Waals surface area contributed by atoms with Crippen LogP contribution in [0.15, 0.2) is 18.2 Å². The molecule has 0 saturated heterocycles. The zero-order valence-electron chi connectivity index (χ0n) is 9.71. The maximum absolute atomic E-state index is 11.1. The first-order valence-corrected chi connectivity index (χ1v) is 4.93. The monoisotopic (exact) mass is 253 g/mol. The molecule has 0 amide bonds. The Hall–Kier alpha value is -2.44. The third-order valence-corrected chi connectivity index (χ3v) is 2.65. The summed E-state index contributed by atoms with van der Waals surface area (Å²) in [5.74, 6) is -2.54. The molecule has 0 bridgehead atoms. The Labute approximate surface area is 102 Å². The van der Waals surface area contributed by atoms with Crippen molar-refractivity contribution in [2.24, 2.45) is 0 Å². The van der Waals surface area contributed by atoms with Crippen molar-refractivity contribution in [2.75, 3.05) is 0 Å². The first kappa shape index (κ1) is 13.6. The molecular formula is C11H11NO6. The molecule has 0 spiro atoms. The summed E-state index contributed by atoms with van der Waals surface area (Å²) in [6.45, 7) is 2.56. The number of aliphatic carboxylic acids is 1. The van der Waals surface area contributed by atoms with Crippen LogP contribution in [0.3, 0.4) is 0 Å². The van der Waals surface area contributed by atoms with Gasteiger partial charge < -0.3 is 10.2 Å². The molecule has 0 aromatic heterocycles. The summed E-state index contributed by atoms with van der Waals surface area (Å²) in [7, 11) is 0. The molecule has 0 radical (unpaired) electrons. The van der Waals surface area contributed by atoms with E-state index >= 15 is 0 Å². The number of carboxylic acids is 2. The Morgan fingerprint density at radius 3 is 2.22 bits per heavy atom. The molecule has 0 saturated carbocycles. The highest BCUT2D eigenvalue weighted by Crippen LogP contribution is 2.32. The van der Waals surface area contributed by atoms with Crippen LogP contribution in [0, 0.1) is 10.1 Å². The van der Waals surface area contributed by atoms with Crippen molar-refractivity contribution < 1.29 is 24.7 Å². The minimum atomic E-state index is -1.55. The summed E-state index contributed by atoms with van der Waals surface area (Å²) in [5.41, 5.74) is -2.29. The van der Waals surface area contributed by atoms with Gasteiger partial charge in [0.25, 0.3) is 5.69 Å². The molecule has 0 aliphatic carbocycles. The van der Waals surface area contributed by atoms with Gasteiger partial charge in [-0.2, -0.15) is 0 Å². The molecular weight excluding hydrogens is 242 g/mol. The molecule has 1 aromatic carbocycles. The third-order valence-electron chi connectivity index (χ3n) is 2.65. The highest BCUT2D eigenvalue weighted by molar-refractivity contribution is 5.90. The number of benzene rings is 1. The summed E-state index contributed by atoms with van der Waals surface area (Å²) < 4.78 is 0. The zero-order chi connectivity index (χ0) is 14.1. The van der Waals surface area contributed by atoms with Crippen molar-refractivity contribution >= 4 is 17.6 Å². The molecule has 0 heterocycles. The van der Waals surface area contributed by atoms with Crippen molar-refractivity contribution in [2.45, 2.75) is 19.3 Å². The normalized spacial score (nSPS) is 11.0. The molecule has 0 fully saturated rings. The molecule has 7 nitrogen and oxygen atoms in total. The van der Waals surface area contributed by atoms with E-state index in [1.807, 2.05) is 0 Å². The number of hydrogen-bond donors (Lipinski definition) is 2. The number of nitrogens with zero attached hydrogens (tertiary/aromatic N) is 1. The van der Waals surface area contributed by atoms with Crippen molar-refractivity contribution in [1.29, 1.82) is 0 Å². The van der Waals surface area contributed by atoms with E-state index in [2.05, 4.69) is 0 Å². The van der Waals surface area contributed by atoms with Crippen LogP contribution < -0.4 is 0 Å². The third kappa shape index (κ3) is 2.29. The predicted octanol–water partition coefficient (Wildman–Crippen LogP) is 1.66. The lowest BCUT2D eigenvalue weighted by atomic mass is 9.83. The zero-order valence-corrected chi connectivity index (χ0v) is 9.71. The van der Waals surface area contributed by atoms with Gasteiger partial charge in [-0.15, -0.1) is 0 Å². The number of nitro benzene ring substituents is 1. The quantitative estimate of drug-likeness (QED) is 0.622. The second-order valence-electron chi connectivity index (χ2n) is 4.22. The van der Waals surface area contributed by atoms with E-state index in [-0.39, 0.29) is 11.1 Å². The number of rotatable bonds is 4. The van der Waals surface area contributed by atoms with E-state index in [1.165, 1.54) is 13.8 Å². The summed E-state index contributed by atoms with van der Waals surface area (Å²) in [5, 5.41) is 28.7. The van der Waals surface area contributed by atoms with Gasteiger partial charge in [0.15, 0.2) is 0 Å². The number of nitro groups is 1. The molecule has 1 rings (SSSR count). The van der Waals surface area contributed by atoms with Gasteiger partial charge in [0.05, 0.1) is 15.9 Å². The number of aromatic carboxylic acids is 1. The Bertz CT molecular complexity index is 534. The van der Waals surface area contributed by atoms with Gasteiger partial charge in [-0.05, 0) is 26.0 Å². The summed E-state index contributed by atoms with van der Waals surface area (Å²) in [6, 6.07) is 3.10. The molecule has 0 aliphatic rings. The average Bonchev–Trinajstić information content (AvgIpc) is 2.27. The first-order chi connectivity index (χ1) is 8.17. The number of hydrogen-bond acceptors (Lipinski definition) is 4. The van der Waals surface area contributed by atoms with Crippen LogP contribution in [0.5, 0.6) is 0 Å². The number of carboxylic acid groups (broad SMARTS) is 2. The van der Waals surface area contributed by atoms with Crippen LogP contribution >= 0.6 is 0 Å². The minimum absolute atomic E-state index is 0.139. The van der Waals surface area contributed by atoms with Crippen LogP contribution in [-0.4, -0.2) is 27.1 Å². The Morgan fingerprint density at radius 2 is 1.83 bits per heavy atom. The van der Waals surface area contributed by atoms with Gasteiger partial charge in [-0.1, -0.05) is 0 Å². The van der Waals surface area contributed by atoms with Crippen LogP contribution in [0.1, 0.15) is 29.8 Å². The lowest BCUT2D eigenvalue weighted by Gasteiger charge is -2.19. The van der Waals surface area contributed by atoms with Gasteiger partial charge in [-0.3, -0.25) is 14.9 Å². The van der Waals surface area contributed by atoms with E-state index in [0.717, 1.165) is 18.2 Å². The van der Waals surface area contributed by atoms with E-state index < -0.39 is 28.0 Å². The maximum atomic E-state index is 11.1. The van der Waals surface area contributed by atoms with Crippen molar-refractivity contribution in [3.8, 4) is 0 Å². The fraction of sp³-hybridized carbons (Fsp3) is 0.273. The topological polar surface area (TPSA) is 118 Å². The molecule has 18 heavy (non-hydrogen) atoms. The highest BCUT2D eigenvalue weighted by Gasteiger charge is 2.36. The fourth-order valence-electron chi connectivity index (χ4n) is 1.44. The van der Waals surface area contributed by atoms with Crippen molar-refractivity contribution in [1.82, 2.24) is 0 Å². The largest absolute Gasteiger partial charge is 0.481 e. The summed E-state index contributed by atoms with van der Waals surface area (Å²) in [6.07, 6.45) is 0. The minimum Gasteiger partial charge on any atom is -0.481 e. The lowest BCUT2D eigenvalue weighted by Crippen LogP contribution is -2.29. The van der Waals surface area contributed by atoms with Crippen molar-refractivity contribution in [3.63, 3.8) is 0 Å². The second kappa shape index (κ2) is 4.44. The Kier molecular flexibility index (Phi) is 3.36. The van der Waals surface area contributed by atoms with E-state index in [0.29, 0.717) is 0 Å². The van der Waals surface area contributed by atoms with Gasteiger partial charge in [0.2, 0.25) is 0 Å². The van der Waals surface area contributed by atoms with Gasteiger partial charge >= 0.3 is 11.9 Å². The Morgan fingerprint density at radius 1 is 1.28 bits per heavy atom. The SMILES string of the molecule is CC(C)(C(=O)O)c1cc(C(=O)O)ccc1[N+](=O)[O-]. The van der Waals surface area contributed by atoms with Crippen LogP contribution in [0.25, 0.3) is 0 Å². The van der Waals surface area contributed by atoms with Crippen molar-refractivity contribution in [3.05, 3.63) is 39.4 Å². The molecule has 0 aliphatic heterocycles. The summed E-state index contributed by atoms with van der Waals surface area (Å²) in [4.78, 5) is 32.0. The molecule has 7 heteroatoms. The molecule has 2 N–H and O–H groups in total. The van der Waals surface area contributed by atoms with Crippen LogP contribution in [0.2, 0.25) is 0 Å². The lowest BCUT2D eigenvalue weighted by molar-refractivity contribution is -0.386. The Balaban J connectivity index is 3.56. The standard InChI is InChI=1S/C11H11NO6/c1-11(2,10(15)16)7-5-6(9(13)14)3-4-8(7)12(17)18/h3-5H,1-2H3,(H,13,14)(H,15,16). The first-order valence-electron chi connectivity index (χ1n) is 4.93. The van der Waals surface area contributed by atoms with E-state index in [4.69, 9.17) is 10.2 Å². The van der Waals surface area contributed by atoms with Crippen LogP contribution in [0.4, 0.5) is 5.69 Å². The maximum Gasteiger partial charge on any atom is 0.335 e. The predicted molar refractivity (Wildman–Crippen MR) is 60.7 cm³/mol. The molecule has 0 atom stereocenters. The average molecular weight is 253 g/mol. The van der Waals surface area contributed by atoms with E-state index in [1.54, 1.807) is 0 Å². The smallest absolute Gasteiger partial charge is 0.335 e. The van der Waals surface area contributed by atoms with Crippen LogP contribution in [-0.2, 0) is 10.2 Å². The molecule has 96 valence electrons. The molecule has 0 unspecified atom stereocenters. The van der Waals surface area contributed by atoms with Gasteiger partial charge in [0, 0.05) is 11.6 Å². The second-order valence-corrected chi connectivity index (χ2v) is 4.22. The van der Waals surface area contributed by atoms with Gasteiger partial charge in [0.1, 0.15) is 0 Å². The summed E-state index contributed by atoms with van der Waals surface area (Å²) >= 11 is 0.